The SMILES string of the molecule is CCCCCC(=O)Oc1ccc(C[C@H](N)C(=O)O[C@@H](C)COC(=O)Oc2ccccc2)cc1OC(=O)CCCCC. The molecule has 0 unspecified atom stereocenters. The number of para-hydroxylation sites is 1. The van der Waals surface area contributed by atoms with Gasteiger partial charge in [-0.1, -0.05) is 63.8 Å². The van der Waals surface area contributed by atoms with Crippen molar-refractivity contribution in [3.8, 4) is 17.2 Å². The number of rotatable bonds is 17. The first-order valence-electron chi connectivity index (χ1n) is 14.1. The normalized spacial score (nSPS) is 12.1. The first-order valence-corrected chi connectivity index (χ1v) is 14.1. The maximum atomic E-state index is 12.6. The van der Waals surface area contributed by atoms with Crippen LogP contribution in [0.3, 0.4) is 0 Å². The van der Waals surface area contributed by atoms with Crippen LogP contribution in [0.1, 0.15) is 77.7 Å². The van der Waals surface area contributed by atoms with Crippen LogP contribution >= 0.6 is 0 Å². The van der Waals surface area contributed by atoms with Gasteiger partial charge in [0.2, 0.25) is 0 Å². The van der Waals surface area contributed by atoms with Crippen LogP contribution in [0.5, 0.6) is 17.2 Å². The summed E-state index contributed by atoms with van der Waals surface area (Å²) in [6.45, 7) is 5.41. The Kier molecular flexibility index (Phi) is 15.0. The molecule has 0 saturated heterocycles. The highest BCUT2D eigenvalue weighted by molar-refractivity contribution is 5.77. The molecule has 0 bridgehead atoms. The Morgan fingerprint density at radius 2 is 1.39 bits per heavy atom. The smallest absolute Gasteiger partial charge is 0.458 e. The van der Waals surface area contributed by atoms with Crippen LogP contribution in [0.4, 0.5) is 4.79 Å². The summed E-state index contributed by atoms with van der Waals surface area (Å²) >= 11 is 0. The molecule has 2 N–H and O–H groups in total. The minimum absolute atomic E-state index is 0.0631. The summed E-state index contributed by atoms with van der Waals surface area (Å²) in [6, 6.07) is 12.1. The summed E-state index contributed by atoms with van der Waals surface area (Å²) in [5.74, 6) is -1.02. The van der Waals surface area contributed by atoms with Gasteiger partial charge in [-0.3, -0.25) is 14.4 Å². The summed E-state index contributed by atoms with van der Waals surface area (Å²) in [5, 5.41) is 0. The predicted molar refractivity (Wildman–Crippen MR) is 152 cm³/mol. The van der Waals surface area contributed by atoms with E-state index in [-0.39, 0.29) is 37.4 Å². The Morgan fingerprint density at radius 3 is 2.00 bits per heavy atom. The largest absolute Gasteiger partial charge is 0.513 e. The van der Waals surface area contributed by atoms with E-state index in [0.717, 1.165) is 25.7 Å². The molecule has 2 aromatic carbocycles. The molecule has 0 saturated carbocycles. The van der Waals surface area contributed by atoms with Crippen LogP contribution in [0, 0.1) is 0 Å². The molecule has 2 atom stereocenters. The third kappa shape index (κ3) is 13.3. The minimum Gasteiger partial charge on any atom is -0.458 e. The maximum Gasteiger partial charge on any atom is 0.513 e. The highest BCUT2D eigenvalue weighted by Crippen LogP contribution is 2.30. The fourth-order valence-electron chi connectivity index (χ4n) is 3.69. The van der Waals surface area contributed by atoms with Crippen molar-refractivity contribution in [3.63, 3.8) is 0 Å². The lowest BCUT2D eigenvalue weighted by Gasteiger charge is -2.17. The van der Waals surface area contributed by atoms with E-state index in [9.17, 15) is 19.2 Å². The summed E-state index contributed by atoms with van der Waals surface area (Å²) in [4.78, 5) is 49.1. The van der Waals surface area contributed by atoms with Crippen molar-refractivity contribution in [2.24, 2.45) is 5.73 Å². The van der Waals surface area contributed by atoms with Gasteiger partial charge in [0.1, 0.15) is 24.5 Å². The van der Waals surface area contributed by atoms with Gasteiger partial charge in [-0.25, -0.2) is 4.79 Å². The first kappa shape index (κ1) is 33.3. The molecule has 0 amide bonds. The number of ether oxygens (including phenoxy) is 5. The van der Waals surface area contributed by atoms with Crippen molar-refractivity contribution in [2.75, 3.05) is 6.61 Å². The van der Waals surface area contributed by atoms with E-state index in [2.05, 4.69) is 0 Å². The zero-order valence-corrected chi connectivity index (χ0v) is 24.1. The van der Waals surface area contributed by atoms with Crippen LogP contribution in [-0.2, 0) is 30.3 Å². The van der Waals surface area contributed by atoms with Crippen molar-refractivity contribution in [1.29, 1.82) is 0 Å². The molecule has 2 aromatic rings. The maximum absolute atomic E-state index is 12.6. The molecule has 0 aliphatic heterocycles. The molecule has 0 spiro atoms. The quantitative estimate of drug-likeness (QED) is 0.109. The first-order chi connectivity index (χ1) is 19.7. The Balaban J connectivity index is 1.96. The topological polar surface area (TPSA) is 140 Å². The van der Waals surface area contributed by atoms with Gasteiger partial charge in [0, 0.05) is 12.8 Å². The van der Waals surface area contributed by atoms with Crippen molar-refractivity contribution in [1.82, 2.24) is 0 Å². The lowest BCUT2D eigenvalue weighted by molar-refractivity contribution is -0.151. The van der Waals surface area contributed by atoms with Crippen LogP contribution in [0.15, 0.2) is 48.5 Å². The zero-order chi connectivity index (χ0) is 30.0. The second-order valence-electron chi connectivity index (χ2n) is 9.68. The van der Waals surface area contributed by atoms with E-state index in [1.165, 1.54) is 12.1 Å². The van der Waals surface area contributed by atoms with Gasteiger partial charge in [-0.15, -0.1) is 0 Å². The van der Waals surface area contributed by atoms with Gasteiger partial charge < -0.3 is 29.4 Å². The molecular weight excluding hydrogens is 530 g/mol. The molecule has 2 rings (SSSR count). The van der Waals surface area contributed by atoms with Crippen LogP contribution < -0.4 is 19.9 Å². The van der Waals surface area contributed by atoms with Gasteiger partial charge >= 0.3 is 24.1 Å². The molecule has 10 heteroatoms. The summed E-state index contributed by atoms with van der Waals surface area (Å²) in [7, 11) is 0. The van der Waals surface area contributed by atoms with Crippen molar-refractivity contribution in [3.05, 3.63) is 54.1 Å². The summed E-state index contributed by atoms with van der Waals surface area (Å²) < 4.78 is 26.3. The lowest BCUT2D eigenvalue weighted by Crippen LogP contribution is -2.37. The third-order valence-corrected chi connectivity index (χ3v) is 5.88. The van der Waals surface area contributed by atoms with Crippen LogP contribution in [0.2, 0.25) is 0 Å². The Hall–Kier alpha value is -3.92. The van der Waals surface area contributed by atoms with E-state index in [4.69, 9.17) is 29.4 Å². The number of benzene rings is 2. The second kappa shape index (κ2) is 18.4. The number of carbonyl (C=O) groups is 4. The van der Waals surface area contributed by atoms with Crippen LogP contribution in [0.25, 0.3) is 0 Å². The molecule has 0 radical (unpaired) electrons. The zero-order valence-electron chi connectivity index (χ0n) is 24.1. The third-order valence-electron chi connectivity index (χ3n) is 5.88. The molecular formula is C31H41NO9. The van der Waals surface area contributed by atoms with E-state index in [1.807, 2.05) is 13.8 Å². The van der Waals surface area contributed by atoms with Gasteiger partial charge in [0.05, 0.1) is 0 Å². The molecule has 0 fully saturated rings. The predicted octanol–water partition coefficient (Wildman–Crippen LogP) is 5.68. The molecule has 0 heterocycles. The van der Waals surface area contributed by atoms with Crippen molar-refractivity contribution < 1.29 is 42.9 Å². The molecule has 0 aliphatic carbocycles. The summed E-state index contributed by atoms with van der Waals surface area (Å²) in [5.41, 5.74) is 6.65. The number of hydrogen-bond donors (Lipinski definition) is 1. The Labute approximate surface area is 241 Å². The highest BCUT2D eigenvalue weighted by Gasteiger charge is 2.22. The number of unbranched alkanes of at least 4 members (excludes halogenated alkanes) is 4. The van der Waals surface area contributed by atoms with E-state index < -0.39 is 36.2 Å². The van der Waals surface area contributed by atoms with E-state index in [0.29, 0.717) is 24.2 Å². The van der Waals surface area contributed by atoms with Gasteiger partial charge in [0.25, 0.3) is 0 Å². The average Bonchev–Trinajstić information content (AvgIpc) is 2.94. The van der Waals surface area contributed by atoms with Gasteiger partial charge in [-0.2, -0.15) is 0 Å². The minimum atomic E-state index is -1.05. The molecule has 10 nitrogen and oxygen atoms in total. The number of hydrogen-bond acceptors (Lipinski definition) is 10. The summed E-state index contributed by atoms with van der Waals surface area (Å²) in [6.07, 6.45) is 3.96. The monoisotopic (exact) mass is 571 g/mol. The average molecular weight is 572 g/mol. The molecule has 224 valence electrons. The lowest BCUT2D eigenvalue weighted by atomic mass is 10.1. The standard InChI is InChI=1S/C31H41NO9/c1-4-6-9-15-28(33)40-26-18-17-23(20-27(26)41-29(34)16-10-7-5-2)19-25(32)30(35)38-22(3)21-37-31(36)39-24-13-11-8-12-14-24/h8,11-14,17-18,20,22,25H,4-7,9-10,15-16,19,21,32H2,1-3H3/t22-,25-/m0/s1. The highest BCUT2D eigenvalue weighted by atomic mass is 16.7. The Bertz CT molecular complexity index is 1120. The fraction of sp³-hybridized carbons (Fsp3) is 0.484. The van der Waals surface area contributed by atoms with Crippen molar-refractivity contribution in [2.45, 2.75) is 90.7 Å². The molecule has 41 heavy (non-hydrogen) atoms. The number of esters is 3. The van der Waals surface area contributed by atoms with Gasteiger partial charge in [0.15, 0.2) is 11.5 Å². The Morgan fingerprint density at radius 1 is 0.780 bits per heavy atom. The van der Waals surface area contributed by atoms with Crippen molar-refractivity contribution >= 4 is 24.1 Å². The van der Waals surface area contributed by atoms with E-state index >= 15 is 0 Å². The van der Waals surface area contributed by atoms with Crippen LogP contribution in [-0.4, -0.2) is 42.8 Å². The molecule has 0 aliphatic rings. The van der Waals surface area contributed by atoms with Gasteiger partial charge in [-0.05, 0) is 56.0 Å². The number of nitrogens with two attached hydrogens (primary N) is 1. The van der Waals surface area contributed by atoms with E-state index in [1.54, 1.807) is 43.3 Å². The second-order valence-corrected chi connectivity index (χ2v) is 9.68. The number of carbonyl (C=O) groups excluding carboxylic acids is 4. The molecule has 0 aromatic heterocycles. The fourth-order valence-corrected chi connectivity index (χ4v) is 3.69.